The van der Waals surface area contributed by atoms with Crippen LogP contribution in [0.2, 0.25) is 0 Å². The number of carbonyl (C=O) groups is 1. The van der Waals surface area contributed by atoms with Crippen molar-refractivity contribution >= 4 is 16.7 Å². The minimum Gasteiger partial charge on any atom is -0.341 e. The highest BCUT2D eigenvalue weighted by Crippen LogP contribution is 2.22. The maximum Gasteiger partial charge on any atom is 0.258 e. The molecule has 4 nitrogen and oxygen atoms in total. The number of pyridine rings is 1. The molecule has 2 aromatic carbocycles. The van der Waals surface area contributed by atoms with Gasteiger partial charge >= 0.3 is 0 Å². The Kier molecular flexibility index (Phi) is 5.05. The van der Waals surface area contributed by atoms with E-state index in [0.717, 1.165) is 37.7 Å². The van der Waals surface area contributed by atoms with Gasteiger partial charge in [0.15, 0.2) is 0 Å². The summed E-state index contributed by atoms with van der Waals surface area (Å²) in [6, 6.07) is 19.9. The van der Waals surface area contributed by atoms with Gasteiger partial charge in [0, 0.05) is 24.7 Å². The number of aromatic nitrogens is 1. The van der Waals surface area contributed by atoms with Gasteiger partial charge in [0.1, 0.15) is 6.54 Å². The minimum absolute atomic E-state index is 0.0329. The third-order valence-corrected chi connectivity index (χ3v) is 5.53. The fourth-order valence-electron chi connectivity index (χ4n) is 3.93. The predicted molar refractivity (Wildman–Crippen MR) is 108 cm³/mol. The number of likely N-dealkylation sites (tertiary alicyclic amines) is 1. The zero-order valence-corrected chi connectivity index (χ0v) is 15.4. The van der Waals surface area contributed by atoms with Crippen LogP contribution < -0.4 is 5.56 Å². The van der Waals surface area contributed by atoms with Gasteiger partial charge in [-0.3, -0.25) is 9.59 Å². The first-order valence-electron chi connectivity index (χ1n) is 9.60. The Bertz CT molecular complexity index is 986. The summed E-state index contributed by atoms with van der Waals surface area (Å²) in [5.41, 5.74) is 1.27. The van der Waals surface area contributed by atoms with Gasteiger partial charge in [-0.05, 0) is 48.3 Å². The molecule has 0 spiro atoms. The number of piperidine rings is 1. The molecule has 1 aliphatic rings. The molecule has 1 amide bonds. The highest BCUT2D eigenvalue weighted by atomic mass is 16.2. The van der Waals surface area contributed by atoms with Crippen molar-refractivity contribution < 1.29 is 4.79 Å². The number of hydrogen-bond acceptors (Lipinski definition) is 2. The van der Waals surface area contributed by atoms with Crippen molar-refractivity contribution in [2.24, 2.45) is 5.92 Å². The molecule has 1 saturated heterocycles. The minimum atomic E-state index is -0.0968. The lowest BCUT2D eigenvalue weighted by Crippen LogP contribution is -2.41. The number of fused-ring (bicyclic) bond motifs is 1. The molecule has 2 heterocycles. The summed E-state index contributed by atoms with van der Waals surface area (Å²) in [4.78, 5) is 27.2. The van der Waals surface area contributed by atoms with E-state index in [1.165, 1.54) is 10.1 Å². The van der Waals surface area contributed by atoms with E-state index in [2.05, 4.69) is 24.3 Å². The second-order valence-corrected chi connectivity index (χ2v) is 7.35. The summed E-state index contributed by atoms with van der Waals surface area (Å²) >= 11 is 0. The van der Waals surface area contributed by atoms with E-state index in [0.29, 0.717) is 11.3 Å². The molecule has 0 bridgehead atoms. The van der Waals surface area contributed by atoms with Gasteiger partial charge in [0.25, 0.3) is 5.56 Å². The largest absolute Gasteiger partial charge is 0.341 e. The molecule has 0 unspecified atom stereocenters. The van der Waals surface area contributed by atoms with Crippen molar-refractivity contribution in [3.8, 4) is 0 Å². The summed E-state index contributed by atoms with van der Waals surface area (Å²) in [5.74, 6) is 0.658. The molecule has 4 rings (SSSR count). The lowest BCUT2D eigenvalue weighted by molar-refractivity contribution is -0.133. The van der Waals surface area contributed by atoms with Crippen LogP contribution in [0.5, 0.6) is 0 Å². The van der Waals surface area contributed by atoms with Crippen LogP contribution in [0, 0.1) is 5.92 Å². The molecule has 1 aliphatic heterocycles. The summed E-state index contributed by atoms with van der Waals surface area (Å²) < 4.78 is 1.53. The summed E-state index contributed by atoms with van der Waals surface area (Å²) in [6.45, 7) is 1.67. The second kappa shape index (κ2) is 7.78. The SMILES string of the molecule is O=C(Cn1ccc2ccccc2c1=O)N1CCC(Cc2ccccc2)CC1. The first-order chi connectivity index (χ1) is 13.2. The van der Waals surface area contributed by atoms with Gasteiger partial charge in [0.05, 0.1) is 0 Å². The van der Waals surface area contributed by atoms with E-state index < -0.39 is 0 Å². The van der Waals surface area contributed by atoms with Crippen molar-refractivity contribution in [3.05, 3.63) is 82.8 Å². The van der Waals surface area contributed by atoms with Crippen LogP contribution in [0.25, 0.3) is 10.8 Å². The van der Waals surface area contributed by atoms with E-state index in [1.54, 1.807) is 6.20 Å². The Hall–Kier alpha value is -2.88. The fourth-order valence-corrected chi connectivity index (χ4v) is 3.93. The van der Waals surface area contributed by atoms with Crippen molar-refractivity contribution in [3.63, 3.8) is 0 Å². The van der Waals surface area contributed by atoms with E-state index >= 15 is 0 Å². The molecule has 138 valence electrons. The lowest BCUT2D eigenvalue weighted by atomic mass is 9.90. The van der Waals surface area contributed by atoms with Crippen molar-refractivity contribution in [2.45, 2.75) is 25.8 Å². The van der Waals surface area contributed by atoms with Gasteiger partial charge < -0.3 is 9.47 Å². The van der Waals surface area contributed by atoms with Gasteiger partial charge in [-0.2, -0.15) is 0 Å². The highest BCUT2D eigenvalue weighted by Gasteiger charge is 2.23. The van der Waals surface area contributed by atoms with E-state index in [-0.39, 0.29) is 18.0 Å². The predicted octanol–water partition coefficient (Wildman–Crippen LogP) is 3.48. The second-order valence-electron chi connectivity index (χ2n) is 7.35. The summed E-state index contributed by atoms with van der Waals surface area (Å²) in [7, 11) is 0. The Balaban J connectivity index is 1.37. The Morgan fingerprint density at radius 3 is 2.41 bits per heavy atom. The molecule has 3 aromatic rings. The highest BCUT2D eigenvalue weighted by molar-refractivity contribution is 5.82. The van der Waals surface area contributed by atoms with Crippen molar-refractivity contribution in [1.29, 1.82) is 0 Å². The third kappa shape index (κ3) is 3.95. The van der Waals surface area contributed by atoms with Crippen LogP contribution in [0.15, 0.2) is 71.7 Å². The zero-order valence-electron chi connectivity index (χ0n) is 15.4. The Labute approximate surface area is 159 Å². The van der Waals surface area contributed by atoms with Crippen LogP contribution in [-0.2, 0) is 17.8 Å². The van der Waals surface area contributed by atoms with Crippen molar-refractivity contribution in [2.75, 3.05) is 13.1 Å². The van der Waals surface area contributed by atoms with Gasteiger partial charge in [-0.1, -0.05) is 48.5 Å². The number of hydrogen-bond donors (Lipinski definition) is 0. The first kappa shape index (κ1) is 17.5. The molecular weight excluding hydrogens is 336 g/mol. The maximum absolute atomic E-state index is 12.7. The normalized spacial score (nSPS) is 15.2. The fraction of sp³-hybridized carbons (Fsp3) is 0.304. The van der Waals surface area contributed by atoms with E-state index in [4.69, 9.17) is 0 Å². The van der Waals surface area contributed by atoms with E-state index in [9.17, 15) is 9.59 Å². The zero-order chi connectivity index (χ0) is 18.6. The van der Waals surface area contributed by atoms with Gasteiger partial charge in [-0.15, -0.1) is 0 Å². The molecule has 27 heavy (non-hydrogen) atoms. The van der Waals surface area contributed by atoms with Crippen LogP contribution >= 0.6 is 0 Å². The molecule has 0 N–H and O–H groups in total. The molecule has 4 heteroatoms. The van der Waals surface area contributed by atoms with Crippen LogP contribution in [0.4, 0.5) is 0 Å². The molecule has 0 atom stereocenters. The molecule has 1 aromatic heterocycles. The van der Waals surface area contributed by atoms with Crippen LogP contribution in [0.1, 0.15) is 18.4 Å². The summed E-state index contributed by atoms with van der Waals surface area (Å²) in [5, 5.41) is 1.57. The number of carbonyl (C=O) groups excluding carboxylic acids is 1. The molecule has 0 radical (unpaired) electrons. The number of amides is 1. The van der Waals surface area contributed by atoms with Crippen LogP contribution in [0.3, 0.4) is 0 Å². The summed E-state index contributed by atoms with van der Waals surface area (Å²) in [6.07, 6.45) is 4.85. The molecular formula is C23H24N2O2. The van der Waals surface area contributed by atoms with Gasteiger partial charge in [0.2, 0.25) is 5.91 Å². The smallest absolute Gasteiger partial charge is 0.258 e. The van der Waals surface area contributed by atoms with Crippen molar-refractivity contribution in [1.82, 2.24) is 9.47 Å². The monoisotopic (exact) mass is 360 g/mol. The number of nitrogens with zero attached hydrogens (tertiary/aromatic N) is 2. The average molecular weight is 360 g/mol. The number of rotatable bonds is 4. The standard InChI is InChI=1S/C23H24N2O2/c26-22(17-25-15-12-20-8-4-5-9-21(20)23(25)27)24-13-10-19(11-14-24)16-18-6-2-1-3-7-18/h1-9,12,15,19H,10-11,13-14,16-17H2. The topological polar surface area (TPSA) is 42.3 Å². The third-order valence-electron chi connectivity index (χ3n) is 5.53. The van der Waals surface area contributed by atoms with E-state index in [1.807, 2.05) is 41.3 Å². The lowest BCUT2D eigenvalue weighted by Gasteiger charge is -2.32. The number of benzene rings is 2. The maximum atomic E-state index is 12.7. The molecule has 0 aliphatic carbocycles. The molecule has 0 saturated carbocycles. The quantitative estimate of drug-likeness (QED) is 0.715. The average Bonchev–Trinajstić information content (AvgIpc) is 2.71. The first-order valence-corrected chi connectivity index (χ1v) is 9.60. The molecule has 1 fully saturated rings. The van der Waals surface area contributed by atoms with Crippen LogP contribution in [-0.4, -0.2) is 28.5 Å². The Morgan fingerprint density at radius 1 is 0.926 bits per heavy atom. The van der Waals surface area contributed by atoms with Gasteiger partial charge in [-0.25, -0.2) is 0 Å². The Morgan fingerprint density at radius 2 is 1.63 bits per heavy atom.